The van der Waals surface area contributed by atoms with E-state index in [4.69, 9.17) is 9.15 Å². The lowest BCUT2D eigenvalue weighted by atomic mass is 10.0. The molecule has 4 rings (SSSR count). The number of rotatable bonds is 5. The van der Waals surface area contributed by atoms with Gasteiger partial charge in [-0.25, -0.2) is 0 Å². The molecule has 0 aliphatic carbocycles. The van der Waals surface area contributed by atoms with Crippen LogP contribution in [-0.2, 0) is 4.74 Å². The standard InChI is InChI=1S/C25H30N2O3/c1-16-5-7-20(8-6-16)22(27-9-11-29-12-10-27)15-26-25(28)24-19(4)21-13-17(2)18(3)14-23(21)30-24/h5-8,13-14,22H,9-12,15H2,1-4H3,(H,26,28). The number of hydrogen-bond acceptors (Lipinski definition) is 4. The lowest BCUT2D eigenvalue weighted by molar-refractivity contribution is 0.0161. The van der Waals surface area contributed by atoms with Gasteiger partial charge in [-0.2, -0.15) is 0 Å². The third kappa shape index (κ3) is 4.13. The third-order valence-electron chi connectivity index (χ3n) is 6.16. The molecule has 1 amide bonds. The van der Waals surface area contributed by atoms with Gasteiger partial charge in [0.25, 0.3) is 5.91 Å². The Morgan fingerprint density at radius 3 is 2.40 bits per heavy atom. The van der Waals surface area contributed by atoms with E-state index in [1.807, 2.05) is 13.0 Å². The summed E-state index contributed by atoms with van der Waals surface area (Å²) in [6.45, 7) is 11.9. The molecule has 0 radical (unpaired) electrons. The van der Waals surface area contributed by atoms with Crippen LogP contribution in [0, 0.1) is 27.7 Å². The van der Waals surface area contributed by atoms with Crippen molar-refractivity contribution < 1.29 is 13.9 Å². The number of carbonyl (C=O) groups is 1. The molecule has 1 fully saturated rings. The lowest BCUT2D eigenvalue weighted by Gasteiger charge is -2.35. The Morgan fingerprint density at radius 2 is 1.70 bits per heavy atom. The summed E-state index contributed by atoms with van der Waals surface area (Å²) in [6.07, 6.45) is 0. The molecule has 1 saturated heterocycles. The van der Waals surface area contributed by atoms with E-state index in [-0.39, 0.29) is 11.9 Å². The fraction of sp³-hybridized carbons (Fsp3) is 0.400. The first kappa shape index (κ1) is 20.6. The molecule has 0 saturated carbocycles. The van der Waals surface area contributed by atoms with Gasteiger partial charge in [0.15, 0.2) is 5.76 Å². The van der Waals surface area contributed by atoms with E-state index in [1.165, 1.54) is 16.7 Å². The van der Waals surface area contributed by atoms with Crippen LogP contribution in [-0.4, -0.2) is 43.7 Å². The minimum absolute atomic E-state index is 0.104. The number of fused-ring (bicyclic) bond motifs is 1. The second kappa shape index (κ2) is 8.62. The molecular formula is C25H30N2O3. The summed E-state index contributed by atoms with van der Waals surface area (Å²) in [4.78, 5) is 15.4. The summed E-state index contributed by atoms with van der Waals surface area (Å²) < 4.78 is 11.5. The van der Waals surface area contributed by atoms with Gasteiger partial charge in [-0.1, -0.05) is 29.8 Å². The molecule has 30 heavy (non-hydrogen) atoms. The molecule has 5 nitrogen and oxygen atoms in total. The minimum atomic E-state index is -0.163. The summed E-state index contributed by atoms with van der Waals surface area (Å²) >= 11 is 0. The highest BCUT2D eigenvalue weighted by Crippen LogP contribution is 2.28. The van der Waals surface area contributed by atoms with Crippen molar-refractivity contribution in [2.24, 2.45) is 0 Å². The number of benzene rings is 2. The van der Waals surface area contributed by atoms with Crippen LogP contribution in [0.4, 0.5) is 0 Å². The molecule has 1 aromatic heterocycles. The van der Waals surface area contributed by atoms with E-state index < -0.39 is 0 Å². The molecule has 0 spiro atoms. The smallest absolute Gasteiger partial charge is 0.287 e. The van der Waals surface area contributed by atoms with Gasteiger partial charge >= 0.3 is 0 Å². The van der Waals surface area contributed by atoms with E-state index >= 15 is 0 Å². The fourth-order valence-electron chi connectivity index (χ4n) is 4.10. The molecule has 2 aromatic carbocycles. The predicted molar refractivity (Wildman–Crippen MR) is 119 cm³/mol. The van der Waals surface area contributed by atoms with Crippen LogP contribution in [0.2, 0.25) is 0 Å². The molecule has 2 heterocycles. The van der Waals surface area contributed by atoms with Crippen LogP contribution in [0.25, 0.3) is 11.0 Å². The number of furan rings is 1. The average molecular weight is 407 g/mol. The summed E-state index contributed by atoms with van der Waals surface area (Å²) in [5, 5.41) is 4.13. The Bertz CT molecular complexity index is 1050. The van der Waals surface area contributed by atoms with E-state index in [0.717, 1.165) is 48.4 Å². The van der Waals surface area contributed by atoms with Gasteiger partial charge in [0.2, 0.25) is 0 Å². The molecule has 1 atom stereocenters. The number of ether oxygens (including phenoxy) is 1. The van der Waals surface area contributed by atoms with E-state index in [9.17, 15) is 4.79 Å². The molecule has 1 unspecified atom stereocenters. The zero-order valence-electron chi connectivity index (χ0n) is 18.2. The highest BCUT2D eigenvalue weighted by Gasteiger charge is 2.25. The Morgan fingerprint density at radius 1 is 1.03 bits per heavy atom. The van der Waals surface area contributed by atoms with Gasteiger partial charge in [-0.15, -0.1) is 0 Å². The molecular weight excluding hydrogens is 376 g/mol. The summed E-state index contributed by atoms with van der Waals surface area (Å²) in [5.74, 6) is 0.240. The van der Waals surface area contributed by atoms with Crippen LogP contribution in [0.3, 0.4) is 0 Å². The number of amides is 1. The number of nitrogens with zero attached hydrogens (tertiary/aromatic N) is 1. The zero-order valence-corrected chi connectivity index (χ0v) is 18.2. The summed E-state index contributed by atoms with van der Waals surface area (Å²) in [5.41, 5.74) is 6.45. The second-order valence-corrected chi connectivity index (χ2v) is 8.27. The first-order valence-corrected chi connectivity index (χ1v) is 10.6. The minimum Gasteiger partial charge on any atom is -0.451 e. The quantitative estimate of drug-likeness (QED) is 0.679. The number of nitrogens with one attached hydrogen (secondary N) is 1. The Hall–Kier alpha value is -2.63. The maximum absolute atomic E-state index is 13.0. The molecule has 3 aromatic rings. The van der Waals surface area contributed by atoms with Crippen molar-refractivity contribution >= 4 is 16.9 Å². The normalized spacial score (nSPS) is 16.0. The van der Waals surface area contributed by atoms with Crippen molar-refractivity contribution in [2.45, 2.75) is 33.7 Å². The van der Waals surface area contributed by atoms with Crippen molar-refractivity contribution in [3.8, 4) is 0 Å². The molecule has 1 aliphatic rings. The average Bonchev–Trinajstić information content (AvgIpc) is 3.06. The summed E-state index contributed by atoms with van der Waals surface area (Å²) in [6, 6.07) is 12.8. The van der Waals surface area contributed by atoms with Crippen LogP contribution in [0.5, 0.6) is 0 Å². The topological polar surface area (TPSA) is 54.7 Å². The van der Waals surface area contributed by atoms with Crippen molar-refractivity contribution in [1.29, 1.82) is 0 Å². The van der Waals surface area contributed by atoms with Crippen molar-refractivity contribution in [3.63, 3.8) is 0 Å². The van der Waals surface area contributed by atoms with Crippen molar-refractivity contribution in [1.82, 2.24) is 10.2 Å². The fourth-order valence-corrected chi connectivity index (χ4v) is 4.10. The molecule has 158 valence electrons. The van der Waals surface area contributed by atoms with Crippen molar-refractivity contribution in [2.75, 3.05) is 32.8 Å². The monoisotopic (exact) mass is 406 g/mol. The van der Waals surface area contributed by atoms with Gasteiger partial charge < -0.3 is 14.5 Å². The van der Waals surface area contributed by atoms with Crippen LogP contribution < -0.4 is 5.32 Å². The van der Waals surface area contributed by atoms with E-state index in [2.05, 4.69) is 61.3 Å². The summed E-state index contributed by atoms with van der Waals surface area (Å²) in [7, 11) is 0. The molecule has 0 bridgehead atoms. The van der Waals surface area contributed by atoms with Crippen LogP contribution in [0.1, 0.15) is 44.4 Å². The third-order valence-corrected chi connectivity index (χ3v) is 6.16. The van der Waals surface area contributed by atoms with E-state index in [1.54, 1.807) is 0 Å². The Kier molecular flexibility index (Phi) is 5.93. The van der Waals surface area contributed by atoms with Gasteiger partial charge in [-0.3, -0.25) is 9.69 Å². The van der Waals surface area contributed by atoms with Gasteiger partial charge in [0.1, 0.15) is 5.58 Å². The lowest BCUT2D eigenvalue weighted by Crippen LogP contribution is -2.43. The molecule has 1 N–H and O–H groups in total. The van der Waals surface area contributed by atoms with Gasteiger partial charge in [-0.05, 0) is 56.5 Å². The van der Waals surface area contributed by atoms with Gasteiger partial charge in [0.05, 0.1) is 19.3 Å². The van der Waals surface area contributed by atoms with Crippen LogP contribution in [0.15, 0.2) is 40.8 Å². The van der Waals surface area contributed by atoms with E-state index in [0.29, 0.717) is 12.3 Å². The van der Waals surface area contributed by atoms with Gasteiger partial charge in [0, 0.05) is 30.6 Å². The highest BCUT2D eigenvalue weighted by molar-refractivity contribution is 5.99. The number of morpholine rings is 1. The first-order valence-electron chi connectivity index (χ1n) is 10.6. The number of hydrogen-bond donors (Lipinski definition) is 1. The predicted octanol–water partition coefficient (Wildman–Crippen LogP) is 4.47. The maximum atomic E-state index is 13.0. The molecule has 1 aliphatic heterocycles. The number of carbonyl (C=O) groups excluding carboxylic acids is 1. The Labute approximate surface area is 178 Å². The van der Waals surface area contributed by atoms with Crippen LogP contribution >= 0.6 is 0 Å². The zero-order chi connectivity index (χ0) is 21.3. The highest BCUT2D eigenvalue weighted by atomic mass is 16.5. The molecule has 5 heteroatoms. The second-order valence-electron chi connectivity index (χ2n) is 8.27. The SMILES string of the molecule is Cc1ccc(C(CNC(=O)c2oc3cc(C)c(C)cc3c2C)N2CCOCC2)cc1. The largest absolute Gasteiger partial charge is 0.451 e. The maximum Gasteiger partial charge on any atom is 0.287 e. The van der Waals surface area contributed by atoms with Crippen molar-refractivity contribution in [3.05, 3.63) is 70.0 Å². The Balaban J connectivity index is 1.55. The number of aryl methyl sites for hydroxylation is 4. The first-order chi connectivity index (χ1) is 14.4.